The third kappa shape index (κ3) is 1.94. The van der Waals surface area contributed by atoms with Crippen molar-refractivity contribution in [2.45, 2.75) is 44.0 Å². The zero-order valence-electron chi connectivity index (χ0n) is 10.1. The minimum absolute atomic E-state index is 0.209. The molecule has 2 aliphatic rings. The Morgan fingerprint density at radius 2 is 2.12 bits per heavy atom. The molecule has 3 heteroatoms. The van der Waals surface area contributed by atoms with Crippen molar-refractivity contribution in [1.29, 1.82) is 0 Å². The van der Waals surface area contributed by atoms with E-state index in [2.05, 4.69) is 6.92 Å². The Morgan fingerprint density at radius 3 is 2.94 bits per heavy atom. The van der Waals surface area contributed by atoms with Gasteiger partial charge in [-0.05, 0) is 13.0 Å². The third-order valence-electron chi connectivity index (χ3n) is 3.79. The van der Waals surface area contributed by atoms with Crippen LogP contribution in [0.5, 0.6) is 5.75 Å². The molecule has 2 aliphatic heterocycles. The maximum Gasteiger partial charge on any atom is 0.125 e. The lowest BCUT2D eigenvalue weighted by Crippen LogP contribution is -2.47. The molecule has 3 nitrogen and oxygen atoms in total. The van der Waals surface area contributed by atoms with Gasteiger partial charge in [0.05, 0.1) is 18.8 Å². The van der Waals surface area contributed by atoms with Crippen LogP contribution in [0.15, 0.2) is 24.3 Å². The van der Waals surface area contributed by atoms with Crippen molar-refractivity contribution in [1.82, 2.24) is 0 Å². The van der Waals surface area contributed by atoms with E-state index in [1.807, 2.05) is 24.3 Å². The van der Waals surface area contributed by atoms with Crippen molar-refractivity contribution in [2.75, 3.05) is 6.61 Å². The molecule has 2 heterocycles. The molecule has 92 valence electrons. The van der Waals surface area contributed by atoms with Crippen LogP contribution in [0.25, 0.3) is 0 Å². The lowest BCUT2D eigenvalue weighted by Gasteiger charge is -2.44. The first-order valence-electron chi connectivity index (χ1n) is 6.26. The van der Waals surface area contributed by atoms with E-state index >= 15 is 0 Å². The Bertz CT molecular complexity index is 418. The number of aliphatic hydroxyl groups is 1. The van der Waals surface area contributed by atoms with Gasteiger partial charge in [-0.3, -0.25) is 0 Å². The molecule has 0 aliphatic carbocycles. The standard InChI is InChI=1S/C14H18O3/c1-10-8-14(6-7-16-10)9-12(15)11-4-2-3-5-13(11)17-14/h2-5,10,12,15H,6-9H2,1H3/t10?,12-,14?/m0/s1. The van der Waals surface area contributed by atoms with Gasteiger partial charge in [0.25, 0.3) is 0 Å². The third-order valence-corrected chi connectivity index (χ3v) is 3.79. The summed E-state index contributed by atoms with van der Waals surface area (Å²) >= 11 is 0. The first-order valence-corrected chi connectivity index (χ1v) is 6.26. The molecule has 0 aromatic heterocycles. The summed E-state index contributed by atoms with van der Waals surface area (Å²) in [6, 6.07) is 7.78. The molecule has 0 amide bonds. The lowest BCUT2D eigenvalue weighted by molar-refractivity contribution is -0.111. The molecule has 1 fully saturated rings. The summed E-state index contributed by atoms with van der Waals surface area (Å²) in [7, 11) is 0. The van der Waals surface area contributed by atoms with E-state index in [-0.39, 0.29) is 11.7 Å². The molecule has 2 unspecified atom stereocenters. The van der Waals surface area contributed by atoms with Gasteiger partial charge in [0.15, 0.2) is 0 Å². The van der Waals surface area contributed by atoms with Crippen molar-refractivity contribution in [3.05, 3.63) is 29.8 Å². The van der Waals surface area contributed by atoms with Gasteiger partial charge in [-0.15, -0.1) is 0 Å². The Hall–Kier alpha value is -1.06. The van der Waals surface area contributed by atoms with Crippen molar-refractivity contribution in [2.24, 2.45) is 0 Å². The summed E-state index contributed by atoms with van der Waals surface area (Å²) in [5.41, 5.74) is 0.683. The molecular weight excluding hydrogens is 216 g/mol. The number of benzene rings is 1. The van der Waals surface area contributed by atoms with Gasteiger partial charge >= 0.3 is 0 Å². The maximum absolute atomic E-state index is 10.2. The van der Waals surface area contributed by atoms with Crippen LogP contribution in [0.4, 0.5) is 0 Å². The topological polar surface area (TPSA) is 38.7 Å². The second kappa shape index (κ2) is 4.00. The average Bonchev–Trinajstić information content (AvgIpc) is 2.28. The highest BCUT2D eigenvalue weighted by atomic mass is 16.5. The highest BCUT2D eigenvalue weighted by Crippen LogP contribution is 2.44. The van der Waals surface area contributed by atoms with Crippen LogP contribution < -0.4 is 4.74 Å². The molecule has 3 atom stereocenters. The fraction of sp³-hybridized carbons (Fsp3) is 0.571. The minimum atomic E-state index is -0.412. The molecule has 1 aromatic carbocycles. The molecule has 0 radical (unpaired) electrons. The Balaban J connectivity index is 1.92. The first-order chi connectivity index (χ1) is 8.19. The van der Waals surface area contributed by atoms with Gasteiger partial charge in [-0.1, -0.05) is 18.2 Å². The van der Waals surface area contributed by atoms with Gasteiger partial charge in [-0.25, -0.2) is 0 Å². The second-order valence-corrected chi connectivity index (χ2v) is 5.18. The summed E-state index contributed by atoms with van der Waals surface area (Å²) in [4.78, 5) is 0. The van der Waals surface area contributed by atoms with E-state index in [4.69, 9.17) is 9.47 Å². The largest absolute Gasteiger partial charge is 0.487 e. The highest BCUT2D eigenvalue weighted by molar-refractivity contribution is 5.38. The van der Waals surface area contributed by atoms with E-state index in [1.165, 1.54) is 0 Å². The molecule has 1 saturated heterocycles. The maximum atomic E-state index is 10.2. The van der Waals surface area contributed by atoms with Gasteiger partial charge in [0.2, 0.25) is 0 Å². The van der Waals surface area contributed by atoms with E-state index in [9.17, 15) is 5.11 Å². The van der Waals surface area contributed by atoms with Gasteiger partial charge in [0, 0.05) is 24.8 Å². The van der Waals surface area contributed by atoms with Gasteiger partial charge < -0.3 is 14.6 Å². The summed E-state index contributed by atoms with van der Waals surface area (Å²) in [6.45, 7) is 2.78. The summed E-state index contributed by atoms with van der Waals surface area (Å²) in [6.07, 6.45) is 2.20. The van der Waals surface area contributed by atoms with Crippen molar-refractivity contribution in [3.8, 4) is 5.75 Å². The molecule has 1 N–H and O–H groups in total. The van der Waals surface area contributed by atoms with Crippen molar-refractivity contribution in [3.63, 3.8) is 0 Å². The zero-order chi connectivity index (χ0) is 11.9. The van der Waals surface area contributed by atoms with Gasteiger partial charge in [0.1, 0.15) is 11.4 Å². The number of rotatable bonds is 0. The summed E-state index contributed by atoms with van der Waals surface area (Å²) < 4.78 is 11.7. The predicted molar refractivity (Wildman–Crippen MR) is 64.0 cm³/mol. The smallest absolute Gasteiger partial charge is 0.125 e. The van der Waals surface area contributed by atoms with Gasteiger partial charge in [-0.2, -0.15) is 0 Å². The number of aliphatic hydroxyl groups excluding tert-OH is 1. The normalized spacial score (nSPS) is 36.4. The van der Waals surface area contributed by atoms with E-state index < -0.39 is 6.10 Å². The van der Waals surface area contributed by atoms with Crippen LogP contribution in [0.1, 0.15) is 37.9 Å². The highest BCUT2D eigenvalue weighted by Gasteiger charge is 2.43. The molecule has 1 spiro atoms. The molecular formula is C14H18O3. The minimum Gasteiger partial charge on any atom is -0.487 e. The van der Waals surface area contributed by atoms with Crippen LogP contribution in [0.3, 0.4) is 0 Å². The number of fused-ring (bicyclic) bond motifs is 1. The first kappa shape index (κ1) is 11.1. The molecule has 3 rings (SSSR count). The lowest BCUT2D eigenvalue weighted by atomic mass is 9.81. The number of ether oxygens (including phenoxy) is 2. The number of hydrogen-bond acceptors (Lipinski definition) is 3. The molecule has 0 saturated carbocycles. The number of para-hydroxylation sites is 1. The zero-order valence-corrected chi connectivity index (χ0v) is 10.1. The molecule has 0 bridgehead atoms. The monoisotopic (exact) mass is 234 g/mol. The Kier molecular flexibility index (Phi) is 2.60. The molecule has 1 aromatic rings. The second-order valence-electron chi connectivity index (χ2n) is 5.18. The summed E-state index contributed by atoms with van der Waals surface area (Å²) in [5, 5.41) is 10.2. The Morgan fingerprint density at radius 1 is 1.29 bits per heavy atom. The summed E-state index contributed by atoms with van der Waals surface area (Å²) in [5.74, 6) is 0.834. The SMILES string of the molecule is CC1CC2(CCO1)C[C@H](O)c1ccccc1O2. The van der Waals surface area contributed by atoms with E-state index in [0.717, 1.165) is 30.8 Å². The van der Waals surface area contributed by atoms with E-state index in [0.29, 0.717) is 6.42 Å². The van der Waals surface area contributed by atoms with Crippen molar-refractivity contribution >= 4 is 0 Å². The quantitative estimate of drug-likeness (QED) is 0.749. The Labute approximate surface area is 101 Å². The van der Waals surface area contributed by atoms with Crippen LogP contribution in [-0.2, 0) is 4.74 Å². The average molecular weight is 234 g/mol. The fourth-order valence-electron chi connectivity index (χ4n) is 3.00. The van der Waals surface area contributed by atoms with Crippen LogP contribution in [0, 0.1) is 0 Å². The van der Waals surface area contributed by atoms with Crippen molar-refractivity contribution < 1.29 is 14.6 Å². The number of hydrogen-bond donors (Lipinski definition) is 1. The fourth-order valence-corrected chi connectivity index (χ4v) is 3.00. The van der Waals surface area contributed by atoms with E-state index in [1.54, 1.807) is 0 Å². The van der Waals surface area contributed by atoms with Crippen LogP contribution in [-0.4, -0.2) is 23.4 Å². The molecule has 17 heavy (non-hydrogen) atoms. The predicted octanol–water partition coefficient (Wildman–Crippen LogP) is 2.44. The van der Waals surface area contributed by atoms with Crippen LogP contribution >= 0.6 is 0 Å². The van der Waals surface area contributed by atoms with Crippen LogP contribution in [0.2, 0.25) is 0 Å².